The van der Waals surface area contributed by atoms with E-state index in [1.165, 1.54) is 0 Å². The Morgan fingerprint density at radius 3 is 2.77 bits per heavy atom. The van der Waals surface area contributed by atoms with Gasteiger partial charge >= 0.3 is 6.03 Å². The summed E-state index contributed by atoms with van der Waals surface area (Å²) in [4.78, 5) is 14.5. The van der Waals surface area contributed by atoms with Gasteiger partial charge in [0.25, 0.3) is 0 Å². The number of nitrogens with zero attached hydrogens (tertiary/aromatic N) is 1. The molecule has 0 bridgehead atoms. The molecule has 1 saturated heterocycles. The number of benzene rings is 1. The second-order valence-corrected chi connectivity index (χ2v) is 7.30. The Balaban J connectivity index is 1.80. The van der Waals surface area contributed by atoms with Crippen LogP contribution in [0.1, 0.15) is 27.7 Å². The fourth-order valence-electron chi connectivity index (χ4n) is 3.64. The molecule has 1 aromatic rings. The van der Waals surface area contributed by atoms with Crippen LogP contribution in [0.3, 0.4) is 0 Å². The van der Waals surface area contributed by atoms with E-state index in [2.05, 4.69) is 33.0 Å². The predicted molar refractivity (Wildman–Crippen MR) is 85.7 cm³/mol. The largest absolute Gasteiger partial charge is 0.454 e. The Morgan fingerprint density at radius 2 is 2.14 bits per heavy atom. The first-order chi connectivity index (χ1) is 10.3. The smallest absolute Gasteiger partial charge is 0.322 e. The Morgan fingerprint density at radius 1 is 1.41 bits per heavy atom. The minimum Gasteiger partial charge on any atom is -0.454 e. The van der Waals surface area contributed by atoms with Gasteiger partial charge in [0.2, 0.25) is 6.79 Å². The number of ether oxygens (including phenoxy) is 2. The topological polar surface area (TPSA) is 50.8 Å². The minimum absolute atomic E-state index is 0.132. The number of hydrogen-bond acceptors (Lipinski definition) is 3. The van der Waals surface area contributed by atoms with Crippen molar-refractivity contribution < 1.29 is 14.3 Å². The second-order valence-electron chi connectivity index (χ2n) is 6.89. The Hall–Kier alpha value is -1.62. The summed E-state index contributed by atoms with van der Waals surface area (Å²) in [7, 11) is 0. The molecular formula is C16H21ClN2O3. The predicted octanol–water partition coefficient (Wildman–Crippen LogP) is 3.97. The summed E-state index contributed by atoms with van der Waals surface area (Å²) >= 11 is 6.20. The third kappa shape index (κ3) is 2.37. The molecule has 2 amide bonds. The number of hydrogen-bond donors (Lipinski definition) is 1. The van der Waals surface area contributed by atoms with Crippen molar-refractivity contribution in [2.45, 2.75) is 33.7 Å². The van der Waals surface area contributed by atoms with Gasteiger partial charge in [-0.1, -0.05) is 39.3 Å². The maximum atomic E-state index is 12.6. The average molecular weight is 325 g/mol. The maximum Gasteiger partial charge on any atom is 0.322 e. The van der Waals surface area contributed by atoms with Gasteiger partial charge in [0.1, 0.15) is 5.69 Å². The molecule has 2 aliphatic rings. The lowest BCUT2D eigenvalue weighted by atomic mass is 9.70. The first-order valence-corrected chi connectivity index (χ1v) is 7.85. The van der Waals surface area contributed by atoms with Gasteiger partial charge in [-0.2, -0.15) is 0 Å². The van der Waals surface area contributed by atoms with Crippen molar-refractivity contribution in [1.29, 1.82) is 0 Å². The van der Waals surface area contributed by atoms with E-state index in [1.807, 2.05) is 4.90 Å². The summed E-state index contributed by atoms with van der Waals surface area (Å²) in [5.74, 6) is 1.50. The van der Waals surface area contributed by atoms with Crippen molar-refractivity contribution >= 4 is 23.3 Å². The summed E-state index contributed by atoms with van der Waals surface area (Å²) in [6, 6.07) is 3.50. The van der Waals surface area contributed by atoms with E-state index in [0.717, 1.165) is 6.54 Å². The van der Waals surface area contributed by atoms with Gasteiger partial charge in [-0.15, -0.1) is 0 Å². The van der Waals surface area contributed by atoms with Gasteiger partial charge in [0.05, 0.1) is 5.02 Å². The highest BCUT2D eigenvalue weighted by Gasteiger charge is 2.49. The Labute approximate surface area is 135 Å². The number of urea groups is 1. The Bertz CT molecular complexity index is 616. The molecular weight excluding hydrogens is 304 g/mol. The number of likely N-dealkylation sites (tertiary alicyclic amines) is 1. The molecule has 0 saturated carbocycles. The molecule has 0 radical (unpaired) electrons. The molecule has 1 unspecified atom stereocenters. The van der Waals surface area contributed by atoms with Crippen LogP contribution in [-0.2, 0) is 0 Å². The molecule has 2 aliphatic heterocycles. The third-order valence-electron chi connectivity index (χ3n) is 4.33. The van der Waals surface area contributed by atoms with E-state index in [-0.39, 0.29) is 24.3 Å². The molecule has 6 heteroatoms. The minimum atomic E-state index is -0.149. The van der Waals surface area contributed by atoms with Crippen molar-refractivity contribution in [3.8, 4) is 11.5 Å². The summed E-state index contributed by atoms with van der Waals surface area (Å²) in [5.41, 5.74) is 0.613. The molecule has 3 rings (SSSR count). The van der Waals surface area contributed by atoms with Gasteiger partial charge in [-0.3, -0.25) is 0 Å². The molecule has 1 atom stereocenters. The lowest BCUT2D eigenvalue weighted by Gasteiger charge is -2.56. The molecule has 1 N–H and O–H groups in total. The average Bonchev–Trinajstić information content (AvgIpc) is 2.87. The van der Waals surface area contributed by atoms with Crippen molar-refractivity contribution in [2.24, 2.45) is 11.3 Å². The zero-order valence-corrected chi connectivity index (χ0v) is 14.0. The van der Waals surface area contributed by atoms with Crippen LogP contribution in [0.2, 0.25) is 5.02 Å². The molecule has 5 nitrogen and oxygen atoms in total. The fourth-order valence-corrected chi connectivity index (χ4v) is 3.84. The standard InChI is InChI=1S/C16H21ClN2O3/c1-9(2)14-16(3,4)7-19(14)15(20)18-12-10(17)5-6-11-13(12)22-8-21-11/h5-6,9,14H,7-8H2,1-4H3,(H,18,20). The van der Waals surface area contributed by atoms with E-state index >= 15 is 0 Å². The summed E-state index contributed by atoms with van der Waals surface area (Å²) in [5, 5.41) is 3.33. The van der Waals surface area contributed by atoms with E-state index < -0.39 is 0 Å². The van der Waals surface area contributed by atoms with E-state index in [0.29, 0.717) is 28.1 Å². The Kier molecular flexibility index (Phi) is 3.63. The van der Waals surface area contributed by atoms with Crippen LogP contribution in [0.5, 0.6) is 11.5 Å². The summed E-state index contributed by atoms with van der Waals surface area (Å²) in [6.45, 7) is 9.51. The molecule has 0 aromatic heterocycles. The monoisotopic (exact) mass is 324 g/mol. The van der Waals surface area contributed by atoms with Gasteiger partial charge in [-0.05, 0) is 18.1 Å². The normalized spacial score (nSPS) is 21.7. The number of amides is 2. The van der Waals surface area contributed by atoms with Crippen molar-refractivity contribution in [3.05, 3.63) is 17.2 Å². The first kappa shape index (κ1) is 15.3. The van der Waals surface area contributed by atoms with Crippen LogP contribution >= 0.6 is 11.6 Å². The molecule has 1 aromatic carbocycles. The second kappa shape index (κ2) is 5.23. The van der Waals surface area contributed by atoms with E-state index in [1.54, 1.807) is 12.1 Å². The number of nitrogens with one attached hydrogen (secondary N) is 1. The van der Waals surface area contributed by atoms with Gasteiger partial charge < -0.3 is 19.7 Å². The van der Waals surface area contributed by atoms with Crippen LogP contribution in [-0.4, -0.2) is 30.3 Å². The van der Waals surface area contributed by atoms with Crippen molar-refractivity contribution in [1.82, 2.24) is 4.90 Å². The van der Waals surface area contributed by atoms with Crippen LogP contribution in [0, 0.1) is 11.3 Å². The maximum absolute atomic E-state index is 12.6. The summed E-state index contributed by atoms with van der Waals surface area (Å²) < 4.78 is 10.7. The van der Waals surface area contributed by atoms with Gasteiger partial charge in [0, 0.05) is 18.0 Å². The van der Waals surface area contributed by atoms with Crippen LogP contribution < -0.4 is 14.8 Å². The zero-order valence-electron chi connectivity index (χ0n) is 13.3. The third-order valence-corrected chi connectivity index (χ3v) is 4.64. The number of carbonyl (C=O) groups is 1. The highest BCUT2D eigenvalue weighted by atomic mass is 35.5. The first-order valence-electron chi connectivity index (χ1n) is 7.47. The summed E-state index contributed by atoms with van der Waals surface area (Å²) in [6.07, 6.45) is 0. The molecule has 120 valence electrons. The fraction of sp³-hybridized carbons (Fsp3) is 0.562. The highest BCUT2D eigenvalue weighted by Crippen LogP contribution is 2.45. The van der Waals surface area contributed by atoms with Crippen molar-refractivity contribution in [3.63, 3.8) is 0 Å². The number of fused-ring (bicyclic) bond motifs is 1. The zero-order chi connectivity index (χ0) is 16.1. The van der Waals surface area contributed by atoms with Gasteiger partial charge in [-0.25, -0.2) is 4.79 Å². The highest BCUT2D eigenvalue weighted by molar-refractivity contribution is 6.34. The molecule has 22 heavy (non-hydrogen) atoms. The van der Waals surface area contributed by atoms with E-state index in [4.69, 9.17) is 21.1 Å². The lowest BCUT2D eigenvalue weighted by Crippen LogP contribution is -2.66. The quantitative estimate of drug-likeness (QED) is 0.895. The van der Waals surface area contributed by atoms with Crippen molar-refractivity contribution in [2.75, 3.05) is 18.7 Å². The molecule has 0 spiro atoms. The number of anilines is 1. The van der Waals surface area contributed by atoms with Crippen LogP contribution in [0.4, 0.5) is 10.5 Å². The molecule has 2 heterocycles. The lowest BCUT2D eigenvalue weighted by molar-refractivity contribution is -0.0363. The molecule has 1 fully saturated rings. The van der Waals surface area contributed by atoms with Crippen LogP contribution in [0.25, 0.3) is 0 Å². The number of carbonyl (C=O) groups excluding carboxylic acids is 1. The van der Waals surface area contributed by atoms with Crippen LogP contribution in [0.15, 0.2) is 12.1 Å². The number of halogens is 1. The van der Waals surface area contributed by atoms with E-state index in [9.17, 15) is 4.79 Å². The molecule has 0 aliphatic carbocycles. The van der Waals surface area contributed by atoms with Gasteiger partial charge in [0.15, 0.2) is 11.5 Å². The SMILES string of the molecule is CC(C)C1N(C(=O)Nc2c(Cl)ccc3c2OCO3)CC1(C)C. The number of rotatable bonds is 2.